The second-order valence-corrected chi connectivity index (χ2v) is 8.44. The van der Waals surface area contributed by atoms with Gasteiger partial charge in [-0.3, -0.25) is 14.3 Å². The molecule has 1 rings (SSSR count). The molecule has 1 heterocycles. The van der Waals surface area contributed by atoms with Crippen molar-refractivity contribution in [2.75, 3.05) is 0 Å². The fourth-order valence-electron chi connectivity index (χ4n) is 2.63. The summed E-state index contributed by atoms with van der Waals surface area (Å²) in [6.45, 7) is 24.0. The topological polar surface area (TPSA) is 88.9 Å². The second kappa shape index (κ2) is 20.8. The van der Waals surface area contributed by atoms with Crippen molar-refractivity contribution in [3.63, 3.8) is 0 Å². The number of nitrogens with zero attached hydrogens (tertiary/aromatic N) is 3. The molecule has 2 atom stereocenters. The van der Waals surface area contributed by atoms with E-state index in [9.17, 15) is 9.59 Å². The maximum atomic E-state index is 12.0. The number of rotatable bonds is 10. The summed E-state index contributed by atoms with van der Waals surface area (Å²) >= 11 is 0. The van der Waals surface area contributed by atoms with Crippen molar-refractivity contribution in [1.29, 1.82) is 0 Å². The summed E-state index contributed by atoms with van der Waals surface area (Å²) < 4.78 is 1.68. The number of aromatic nitrogens is 3. The first-order valence-electron chi connectivity index (χ1n) is 11.7. The molecular formula is C25H49N5O2. The summed E-state index contributed by atoms with van der Waals surface area (Å²) in [4.78, 5) is 23.3. The van der Waals surface area contributed by atoms with Crippen molar-refractivity contribution in [2.45, 2.75) is 114 Å². The Bertz CT molecular complexity index is 617. The van der Waals surface area contributed by atoms with E-state index in [4.69, 9.17) is 0 Å². The normalized spacial score (nSPS) is 12.0. The molecule has 0 aliphatic heterocycles. The number of Topliss-reactive ketones (excluding diaryl/α,β-unsaturated/α-hetero) is 2. The van der Waals surface area contributed by atoms with Gasteiger partial charge in [-0.1, -0.05) is 74.5 Å². The zero-order chi connectivity index (χ0) is 25.9. The summed E-state index contributed by atoms with van der Waals surface area (Å²) in [6, 6.07) is 0.459. The van der Waals surface area contributed by atoms with Crippen LogP contribution in [0.3, 0.4) is 0 Å². The van der Waals surface area contributed by atoms with Crippen molar-refractivity contribution in [1.82, 2.24) is 25.6 Å². The SMILES string of the molecule is C#CC.CC.CC(C)NC(C)C(=O)C(C)C.CC(C)NC(Cn1ccnn1)C(=O)C(C)C. The Hall–Kier alpha value is -2.04. The first-order valence-corrected chi connectivity index (χ1v) is 11.7. The molecule has 7 heteroatoms. The number of carbonyl (C=O) groups excluding carboxylic acids is 2. The van der Waals surface area contributed by atoms with E-state index in [0.717, 1.165) is 0 Å². The molecule has 2 unspecified atom stereocenters. The number of hydrogen-bond acceptors (Lipinski definition) is 6. The van der Waals surface area contributed by atoms with E-state index in [-0.39, 0.29) is 35.7 Å². The van der Waals surface area contributed by atoms with Crippen LogP contribution in [-0.4, -0.2) is 50.7 Å². The van der Waals surface area contributed by atoms with E-state index in [1.165, 1.54) is 0 Å². The van der Waals surface area contributed by atoms with E-state index < -0.39 is 0 Å². The smallest absolute Gasteiger partial charge is 0.154 e. The van der Waals surface area contributed by atoms with Gasteiger partial charge in [0.2, 0.25) is 0 Å². The highest BCUT2D eigenvalue weighted by Gasteiger charge is 2.22. The molecule has 186 valence electrons. The first-order chi connectivity index (χ1) is 14.9. The molecule has 0 aromatic carbocycles. The standard InChI is InChI=1S/C11H20N4O.C9H19NO.C3H4.C2H6/c1-8(2)11(16)10(13-9(3)4)7-15-6-5-12-14-15;1-6(2)9(11)8(5)10-7(3)4;1-3-2;1-2/h5-6,8-10,13H,7H2,1-4H3;6-8,10H,1-5H3;1H,2H3;1-2H3. The van der Waals surface area contributed by atoms with Crippen LogP contribution in [0.2, 0.25) is 0 Å². The van der Waals surface area contributed by atoms with Gasteiger partial charge in [-0.15, -0.1) is 17.4 Å². The zero-order valence-corrected chi connectivity index (χ0v) is 22.6. The van der Waals surface area contributed by atoms with Crippen LogP contribution in [0.1, 0.15) is 83.1 Å². The van der Waals surface area contributed by atoms with E-state index in [0.29, 0.717) is 18.4 Å². The van der Waals surface area contributed by atoms with Crippen LogP contribution >= 0.6 is 0 Å². The van der Waals surface area contributed by atoms with Crippen molar-refractivity contribution >= 4 is 11.6 Å². The van der Waals surface area contributed by atoms with Crippen molar-refractivity contribution in [3.8, 4) is 12.3 Å². The molecule has 0 radical (unpaired) electrons. The van der Waals surface area contributed by atoms with Crippen LogP contribution in [0.25, 0.3) is 0 Å². The predicted octanol–water partition coefficient (Wildman–Crippen LogP) is 4.13. The van der Waals surface area contributed by atoms with Crippen LogP contribution in [0.4, 0.5) is 0 Å². The molecule has 0 amide bonds. The molecule has 0 aliphatic rings. The monoisotopic (exact) mass is 451 g/mol. The van der Waals surface area contributed by atoms with Gasteiger partial charge in [0, 0.05) is 30.1 Å². The van der Waals surface area contributed by atoms with Gasteiger partial charge < -0.3 is 10.6 Å². The molecule has 1 aromatic heterocycles. The Morgan fingerprint density at radius 2 is 1.34 bits per heavy atom. The number of carbonyl (C=O) groups is 2. The van der Waals surface area contributed by atoms with Gasteiger partial charge >= 0.3 is 0 Å². The third-order valence-electron chi connectivity index (χ3n) is 3.87. The van der Waals surface area contributed by atoms with E-state index >= 15 is 0 Å². The van der Waals surface area contributed by atoms with E-state index in [1.54, 1.807) is 24.0 Å². The molecular weight excluding hydrogens is 402 g/mol. The number of ketones is 2. The molecule has 32 heavy (non-hydrogen) atoms. The molecule has 0 fully saturated rings. The van der Waals surface area contributed by atoms with Crippen LogP contribution in [0.5, 0.6) is 0 Å². The number of nitrogens with one attached hydrogen (secondary N) is 2. The van der Waals surface area contributed by atoms with Gasteiger partial charge in [0.1, 0.15) is 0 Å². The van der Waals surface area contributed by atoms with Gasteiger partial charge in [-0.05, 0) is 13.8 Å². The van der Waals surface area contributed by atoms with E-state index in [1.807, 2.05) is 76.2 Å². The Labute approximate surface area is 197 Å². The molecule has 2 N–H and O–H groups in total. The molecule has 0 aliphatic carbocycles. The maximum absolute atomic E-state index is 12.0. The van der Waals surface area contributed by atoms with Gasteiger partial charge in [-0.2, -0.15) is 0 Å². The fraction of sp³-hybridized carbons (Fsp3) is 0.760. The minimum atomic E-state index is -0.193. The van der Waals surface area contributed by atoms with Crippen LogP contribution in [0.15, 0.2) is 12.4 Å². The Balaban J connectivity index is -0.000000458. The minimum Gasteiger partial charge on any atom is -0.305 e. The van der Waals surface area contributed by atoms with Crippen molar-refractivity contribution < 1.29 is 9.59 Å². The van der Waals surface area contributed by atoms with Crippen molar-refractivity contribution in [2.24, 2.45) is 11.8 Å². The lowest BCUT2D eigenvalue weighted by Crippen LogP contribution is -2.45. The molecule has 1 aromatic rings. The minimum absolute atomic E-state index is 0.00463. The summed E-state index contributed by atoms with van der Waals surface area (Å²) in [5, 5.41) is 14.0. The highest BCUT2D eigenvalue weighted by atomic mass is 16.1. The largest absolute Gasteiger partial charge is 0.305 e. The highest BCUT2D eigenvalue weighted by molar-refractivity contribution is 5.85. The molecule has 7 nitrogen and oxygen atoms in total. The molecule has 0 saturated heterocycles. The number of hydrogen-bond donors (Lipinski definition) is 2. The number of terminal acetylenes is 1. The van der Waals surface area contributed by atoms with Gasteiger partial charge in [0.15, 0.2) is 11.6 Å². The van der Waals surface area contributed by atoms with Crippen LogP contribution < -0.4 is 10.6 Å². The molecule has 0 saturated carbocycles. The summed E-state index contributed by atoms with van der Waals surface area (Å²) in [6.07, 6.45) is 7.98. The average molecular weight is 452 g/mol. The average Bonchev–Trinajstić information content (AvgIpc) is 3.21. The van der Waals surface area contributed by atoms with Crippen molar-refractivity contribution in [3.05, 3.63) is 12.4 Å². The summed E-state index contributed by atoms with van der Waals surface area (Å²) in [5.74, 6) is 2.92. The van der Waals surface area contributed by atoms with Gasteiger partial charge in [-0.25, -0.2) is 0 Å². The van der Waals surface area contributed by atoms with Gasteiger partial charge in [0.05, 0.1) is 24.8 Å². The predicted molar refractivity (Wildman–Crippen MR) is 135 cm³/mol. The van der Waals surface area contributed by atoms with Crippen LogP contribution in [-0.2, 0) is 16.1 Å². The zero-order valence-electron chi connectivity index (χ0n) is 22.6. The Morgan fingerprint density at radius 1 is 0.906 bits per heavy atom. The lowest BCUT2D eigenvalue weighted by molar-refractivity contribution is -0.124. The third-order valence-corrected chi connectivity index (χ3v) is 3.87. The fourth-order valence-corrected chi connectivity index (χ4v) is 2.63. The third kappa shape index (κ3) is 18.7. The Kier molecular flexibility index (Phi) is 22.5. The quantitative estimate of drug-likeness (QED) is 0.520. The molecule has 0 spiro atoms. The van der Waals surface area contributed by atoms with E-state index in [2.05, 4.69) is 33.3 Å². The first kappa shape index (κ1) is 34.6. The molecule has 0 bridgehead atoms. The van der Waals surface area contributed by atoms with Gasteiger partial charge in [0.25, 0.3) is 0 Å². The summed E-state index contributed by atoms with van der Waals surface area (Å²) in [5.41, 5.74) is 0. The lowest BCUT2D eigenvalue weighted by Gasteiger charge is -2.21. The second-order valence-electron chi connectivity index (χ2n) is 8.44. The maximum Gasteiger partial charge on any atom is 0.154 e. The lowest BCUT2D eigenvalue weighted by atomic mass is 10.0. The van der Waals surface area contributed by atoms with Crippen LogP contribution in [0, 0.1) is 24.2 Å². The highest BCUT2D eigenvalue weighted by Crippen LogP contribution is 2.03. The Morgan fingerprint density at radius 3 is 1.66 bits per heavy atom. The summed E-state index contributed by atoms with van der Waals surface area (Å²) in [7, 11) is 0.